The molecule has 1 N–H and O–H groups in total. The molecule has 0 unspecified atom stereocenters. The number of nitrogens with zero attached hydrogens (tertiary/aromatic N) is 2. The summed E-state index contributed by atoms with van der Waals surface area (Å²) in [5, 5.41) is 3.22. The molecule has 1 saturated heterocycles. The molecule has 0 aromatic heterocycles. The summed E-state index contributed by atoms with van der Waals surface area (Å²) in [4.78, 5) is 6.64. The molecule has 5 nitrogen and oxygen atoms in total. The van der Waals surface area contributed by atoms with Crippen LogP contribution in [0.1, 0.15) is 19.4 Å². The lowest BCUT2D eigenvalue weighted by molar-refractivity contribution is 0.0605. The summed E-state index contributed by atoms with van der Waals surface area (Å²) >= 11 is 0. The minimum atomic E-state index is 0.501. The number of aliphatic imine (C=N–C) groups is 1. The van der Waals surface area contributed by atoms with Gasteiger partial charge in [0.2, 0.25) is 0 Å². The van der Waals surface area contributed by atoms with Crippen molar-refractivity contribution in [2.75, 3.05) is 32.2 Å². The highest BCUT2D eigenvalue weighted by molar-refractivity contribution is 6.00. The number of allylic oxidation sites excluding steroid dienone is 4. The summed E-state index contributed by atoms with van der Waals surface area (Å²) < 4.78 is 10.9. The van der Waals surface area contributed by atoms with Gasteiger partial charge in [0.05, 0.1) is 0 Å². The molecule has 1 fully saturated rings. The number of rotatable bonds is 8. The molecular formula is C25H31N3O2. The molecule has 1 aromatic rings. The Kier molecular flexibility index (Phi) is 7.87. The van der Waals surface area contributed by atoms with Crippen molar-refractivity contribution in [2.24, 2.45) is 4.99 Å². The summed E-state index contributed by atoms with van der Waals surface area (Å²) in [6, 6.07) is 8.16. The van der Waals surface area contributed by atoms with Crippen LogP contribution in [0.2, 0.25) is 0 Å². The van der Waals surface area contributed by atoms with Crippen LogP contribution in [-0.4, -0.2) is 33.0 Å². The molecule has 1 aliphatic heterocycles. The molecule has 0 saturated carbocycles. The molecule has 0 radical (unpaired) electrons. The molecule has 2 rings (SSSR count). The Bertz CT molecular complexity index is 932. The van der Waals surface area contributed by atoms with E-state index < -0.39 is 0 Å². The van der Waals surface area contributed by atoms with Crippen molar-refractivity contribution in [2.45, 2.75) is 13.8 Å². The van der Waals surface area contributed by atoms with Gasteiger partial charge in [-0.05, 0) is 49.3 Å². The average molecular weight is 406 g/mol. The van der Waals surface area contributed by atoms with Gasteiger partial charge in [-0.1, -0.05) is 38.4 Å². The average Bonchev–Trinajstić information content (AvgIpc) is 2.69. The molecular weight excluding hydrogens is 374 g/mol. The SMILES string of the molecule is C=C(/C=C(C)/N=C(\C)C(=C)/C=C1/OCCOC1=C)NC(=C)c1ccc(N(C)C)cc1. The molecule has 0 atom stereocenters. The molecule has 0 amide bonds. The number of hydrogen-bond acceptors (Lipinski definition) is 5. The monoisotopic (exact) mass is 405 g/mol. The molecule has 1 aromatic carbocycles. The van der Waals surface area contributed by atoms with E-state index in [0.717, 1.165) is 33.9 Å². The molecule has 30 heavy (non-hydrogen) atoms. The van der Waals surface area contributed by atoms with Crippen LogP contribution in [0.5, 0.6) is 0 Å². The topological polar surface area (TPSA) is 46.1 Å². The van der Waals surface area contributed by atoms with Gasteiger partial charge in [0, 0.05) is 42.6 Å². The van der Waals surface area contributed by atoms with Crippen molar-refractivity contribution in [3.63, 3.8) is 0 Å². The van der Waals surface area contributed by atoms with Crippen LogP contribution >= 0.6 is 0 Å². The Morgan fingerprint density at radius 2 is 1.70 bits per heavy atom. The Morgan fingerprint density at radius 3 is 2.30 bits per heavy atom. The number of anilines is 1. The normalized spacial score (nSPS) is 15.9. The van der Waals surface area contributed by atoms with Crippen molar-refractivity contribution in [1.82, 2.24) is 5.32 Å². The molecule has 1 heterocycles. The van der Waals surface area contributed by atoms with Gasteiger partial charge in [-0.25, -0.2) is 0 Å². The Hall–Kier alpha value is -3.47. The van der Waals surface area contributed by atoms with Crippen molar-refractivity contribution >= 4 is 17.1 Å². The third kappa shape index (κ3) is 6.55. The first kappa shape index (κ1) is 22.8. The molecule has 5 heteroatoms. The summed E-state index contributed by atoms with van der Waals surface area (Å²) in [7, 11) is 4.02. The fourth-order valence-corrected chi connectivity index (χ4v) is 2.74. The smallest absolute Gasteiger partial charge is 0.161 e. The lowest BCUT2D eigenvalue weighted by atomic mass is 10.1. The fourth-order valence-electron chi connectivity index (χ4n) is 2.74. The van der Waals surface area contributed by atoms with E-state index in [1.165, 1.54) is 0 Å². The Balaban J connectivity index is 2.00. The lowest BCUT2D eigenvalue weighted by Crippen LogP contribution is -2.13. The third-order valence-corrected chi connectivity index (χ3v) is 4.43. The van der Waals surface area contributed by atoms with E-state index in [1.54, 1.807) is 6.08 Å². The van der Waals surface area contributed by atoms with Crippen LogP contribution < -0.4 is 10.2 Å². The standard InChI is InChI=1S/C25H31N3O2/c1-17(15-25-22(6)29-13-14-30-25)20(4)26-18(2)16-19(3)27-21(5)23-9-11-24(12-10-23)28(7)8/h9-12,15-16,27H,1,3,5-6,13-14H2,2,4,7-8H3/b18-16+,25-15+,26-20+. The first-order valence-electron chi connectivity index (χ1n) is 9.69. The Morgan fingerprint density at radius 1 is 1.07 bits per heavy atom. The largest absolute Gasteiger partial charge is 0.487 e. The van der Waals surface area contributed by atoms with Crippen LogP contribution in [0.4, 0.5) is 5.69 Å². The number of ether oxygens (including phenoxy) is 2. The predicted molar refractivity (Wildman–Crippen MR) is 127 cm³/mol. The van der Waals surface area contributed by atoms with Gasteiger partial charge in [-0.15, -0.1) is 0 Å². The Labute approximate surface area is 180 Å². The van der Waals surface area contributed by atoms with Crippen LogP contribution in [-0.2, 0) is 9.47 Å². The van der Waals surface area contributed by atoms with Crippen LogP contribution in [0.25, 0.3) is 5.70 Å². The highest BCUT2D eigenvalue weighted by Crippen LogP contribution is 2.19. The minimum absolute atomic E-state index is 0.501. The van der Waals surface area contributed by atoms with Gasteiger partial charge in [-0.3, -0.25) is 4.99 Å². The molecule has 0 bridgehead atoms. The first-order valence-corrected chi connectivity index (χ1v) is 9.69. The maximum Gasteiger partial charge on any atom is 0.161 e. The lowest BCUT2D eigenvalue weighted by Gasteiger charge is -2.19. The highest BCUT2D eigenvalue weighted by atomic mass is 16.6. The second-order valence-corrected chi connectivity index (χ2v) is 7.21. The van der Waals surface area contributed by atoms with E-state index in [-0.39, 0.29) is 0 Å². The van der Waals surface area contributed by atoms with Crippen molar-refractivity contribution in [1.29, 1.82) is 0 Å². The quantitative estimate of drug-likeness (QED) is 0.477. The predicted octanol–water partition coefficient (Wildman–Crippen LogP) is 5.19. The summed E-state index contributed by atoms with van der Waals surface area (Å²) in [5.41, 5.74) is 5.90. The van der Waals surface area contributed by atoms with Crippen LogP contribution in [0, 0.1) is 0 Å². The van der Waals surface area contributed by atoms with E-state index in [0.29, 0.717) is 30.4 Å². The van der Waals surface area contributed by atoms with Gasteiger partial charge < -0.3 is 19.7 Å². The van der Waals surface area contributed by atoms with Crippen molar-refractivity contribution in [3.8, 4) is 0 Å². The third-order valence-electron chi connectivity index (χ3n) is 4.43. The summed E-state index contributed by atoms with van der Waals surface area (Å²) in [5.74, 6) is 1.10. The second-order valence-electron chi connectivity index (χ2n) is 7.21. The zero-order valence-corrected chi connectivity index (χ0v) is 18.4. The van der Waals surface area contributed by atoms with Crippen molar-refractivity contribution in [3.05, 3.63) is 96.8 Å². The highest BCUT2D eigenvalue weighted by Gasteiger charge is 2.12. The number of hydrogen-bond donors (Lipinski definition) is 1. The zero-order chi connectivity index (χ0) is 22.3. The molecule has 1 aliphatic rings. The van der Waals surface area contributed by atoms with Crippen LogP contribution in [0.3, 0.4) is 0 Å². The maximum absolute atomic E-state index is 5.56. The van der Waals surface area contributed by atoms with Crippen molar-refractivity contribution < 1.29 is 9.47 Å². The van der Waals surface area contributed by atoms with E-state index in [2.05, 4.69) is 53.7 Å². The molecule has 0 spiro atoms. The minimum Gasteiger partial charge on any atom is -0.487 e. The van der Waals surface area contributed by atoms with Crippen LogP contribution in [0.15, 0.2) is 96.2 Å². The van der Waals surface area contributed by atoms with Gasteiger partial charge in [0.25, 0.3) is 0 Å². The summed E-state index contributed by atoms with van der Waals surface area (Å²) in [6.07, 6.45) is 3.66. The van der Waals surface area contributed by atoms with Gasteiger partial charge in [-0.2, -0.15) is 0 Å². The first-order chi connectivity index (χ1) is 14.2. The maximum atomic E-state index is 5.56. The van der Waals surface area contributed by atoms with E-state index in [1.807, 2.05) is 46.2 Å². The van der Waals surface area contributed by atoms with Gasteiger partial charge in [0.15, 0.2) is 11.5 Å². The number of benzene rings is 1. The van der Waals surface area contributed by atoms with Gasteiger partial charge >= 0.3 is 0 Å². The molecule has 158 valence electrons. The van der Waals surface area contributed by atoms with E-state index in [4.69, 9.17) is 9.47 Å². The second kappa shape index (κ2) is 10.3. The number of nitrogens with one attached hydrogen (secondary N) is 1. The van der Waals surface area contributed by atoms with Gasteiger partial charge in [0.1, 0.15) is 13.2 Å². The molecule has 0 aliphatic carbocycles. The van der Waals surface area contributed by atoms with E-state index in [9.17, 15) is 0 Å². The zero-order valence-electron chi connectivity index (χ0n) is 18.4. The summed E-state index contributed by atoms with van der Waals surface area (Å²) in [6.45, 7) is 20.9. The fraction of sp³-hybridized carbons (Fsp3) is 0.240. The van der Waals surface area contributed by atoms with E-state index >= 15 is 0 Å².